The molecule has 2 heteroatoms. The predicted molar refractivity (Wildman–Crippen MR) is 83.3 cm³/mol. The second kappa shape index (κ2) is 6.36. The third kappa shape index (κ3) is 3.92. The fourth-order valence-electron chi connectivity index (χ4n) is 2.11. The molecule has 0 radical (unpaired) electrons. The summed E-state index contributed by atoms with van der Waals surface area (Å²) in [7, 11) is 0. The summed E-state index contributed by atoms with van der Waals surface area (Å²) in [6.07, 6.45) is 0.191. The number of aliphatic hydroxyl groups is 1. The summed E-state index contributed by atoms with van der Waals surface area (Å²) in [5.74, 6) is 0.524. The van der Waals surface area contributed by atoms with Crippen molar-refractivity contribution in [3.05, 3.63) is 69.7 Å². The highest BCUT2D eigenvalue weighted by Gasteiger charge is 2.09. The molecule has 1 nitrogen and oxygen atoms in total. The highest BCUT2D eigenvalue weighted by molar-refractivity contribution is 9.10. The minimum absolute atomic E-state index is 0.449. The molecule has 1 unspecified atom stereocenters. The van der Waals surface area contributed by atoms with Gasteiger partial charge in [-0.15, -0.1) is 0 Å². The summed E-state index contributed by atoms with van der Waals surface area (Å²) < 4.78 is 1.05. The monoisotopic (exact) mass is 318 g/mol. The van der Waals surface area contributed by atoms with Gasteiger partial charge in [0.2, 0.25) is 0 Å². The molecule has 2 aromatic rings. The topological polar surface area (TPSA) is 20.2 Å². The maximum atomic E-state index is 10.3. The molecule has 0 saturated carbocycles. The third-order valence-electron chi connectivity index (χ3n) is 3.31. The summed E-state index contributed by atoms with van der Waals surface area (Å²) in [5.41, 5.74) is 3.41. The quantitative estimate of drug-likeness (QED) is 0.854. The van der Waals surface area contributed by atoms with E-state index in [9.17, 15) is 5.11 Å². The molecule has 2 aromatic carbocycles. The molecular formula is C17H19BrO. The Morgan fingerprint density at radius 2 is 1.63 bits per heavy atom. The molecule has 0 aromatic heterocycles. The van der Waals surface area contributed by atoms with Crippen LogP contribution in [0.5, 0.6) is 0 Å². The van der Waals surface area contributed by atoms with Gasteiger partial charge in [-0.25, -0.2) is 0 Å². The van der Waals surface area contributed by atoms with E-state index in [1.807, 2.05) is 36.4 Å². The Labute approximate surface area is 123 Å². The first kappa shape index (κ1) is 14.3. The first-order chi connectivity index (χ1) is 9.06. The van der Waals surface area contributed by atoms with Crippen molar-refractivity contribution in [2.75, 3.05) is 0 Å². The zero-order valence-corrected chi connectivity index (χ0v) is 12.9. The maximum absolute atomic E-state index is 10.3. The molecular weight excluding hydrogens is 300 g/mol. The van der Waals surface area contributed by atoms with E-state index in [0.29, 0.717) is 12.3 Å². The van der Waals surface area contributed by atoms with Gasteiger partial charge in [0, 0.05) is 10.9 Å². The highest BCUT2D eigenvalue weighted by Crippen LogP contribution is 2.22. The van der Waals surface area contributed by atoms with Crippen molar-refractivity contribution in [3.8, 4) is 0 Å². The van der Waals surface area contributed by atoms with Crippen molar-refractivity contribution in [3.63, 3.8) is 0 Å². The fraction of sp³-hybridized carbons (Fsp3) is 0.294. The second-order valence-corrected chi connectivity index (χ2v) is 6.09. The molecule has 0 spiro atoms. The van der Waals surface area contributed by atoms with Gasteiger partial charge in [-0.1, -0.05) is 66.2 Å². The molecule has 0 fully saturated rings. The number of hydrogen-bond acceptors (Lipinski definition) is 1. The zero-order valence-electron chi connectivity index (χ0n) is 11.3. The van der Waals surface area contributed by atoms with Crippen molar-refractivity contribution in [2.45, 2.75) is 32.3 Å². The van der Waals surface area contributed by atoms with Gasteiger partial charge in [0.15, 0.2) is 0 Å². The maximum Gasteiger partial charge on any atom is 0.0830 e. The molecule has 0 saturated heterocycles. The molecule has 1 N–H and O–H groups in total. The van der Waals surface area contributed by atoms with Gasteiger partial charge in [0.25, 0.3) is 0 Å². The average molecular weight is 319 g/mol. The lowest BCUT2D eigenvalue weighted by Gasteiger charge is -2.13. The molecule has 100 valence electrons. The largest absolute Gasteiger partial charge is 0.388 e. The molecule has 0 heterocycles. The number of halogens is 1. The molecule has 0 amide bonds. The van der Waals surface area contributed by atoms with Crippen molar-refractivity contribution in [1.82, 2.24) is 0 Å². The molecule has 0 bridgehead atoms. The van der Waals surface area contributed by atoms with Gasteiger partial charge in [-0.2, -0.15) is 0 Å². The first-order valence-corrected chi connectivity index (χ1v) is 7.38. The van der Waals surface area contributed by atoms with Crippen LogP contribution in [0.3, 0.4) is 0 Å². The van der Waals surface area contributed by atoms with E-state index in [1.54, 1.807) is 0 Å². The zero-order chi connectivity index (χ0) is 13.8. The fourth-order valence-corrected chi connectivity index (χ4v) is 2.55. The Morgan fingerprint density at radius 3 is 2.21 bits per heavy atom. The van der Waals surface area contributed by atoms with Crippen LogP contribution in [0.15, 0.2) is 53.0 Å². The summed E-state index contributed by atoms with van der Waals surface area (Å²) in [6.45, 7) is 4.35. The van der Waals surface area contributed by atoms with Crippen LogP contribution in [0.4, 0.5) is 0 Å². The van der Waals surface area contributed by atoms with Crippen LogP contribution in [0.2, 0.25) is 0 Å². The molecule has 2 rings (SSSR count). The molecule has 1 atom stereocenters. The van der Waals surface area contributed by atoms with Crippen molar-refractivity contribution >= 4 is 15.9 Å². The second-order valence-electron chi connectivity index (χ2n) is 5.17. The van der Waals surface area contributed by atoms with E-state index in [4.69, 9.17) is 0 Å². The van der Waals surface area contributed by atoms with Gasteiger partial charge in [-0.3, -0.25) is 0 Å². The minimum atomic E-state index is -0.449. The number of benzene rings is 2. The van der Waals surface area contributed by atoms with Crippen LogP contribution in [-0.4, -0.2) is 5.11 Å². The van der Waals surface area contributed by atoms with Crippen molar-refractivity contribution < 1.29 is 5.11 Å². The number of hydrogen-bond donors (Lipinski definition) is 1. The lowest BCUT2D eigenvalue weighted by molar-refractivity contribution is 0.178. The number of rotatable bonds is 4. The molecule has 0 aliphatic rings. The van der Waals surface area contributed by atoms with E-state index in [1.165, 1.54) is 5.56 Å². The highest BCUT2D eigenvalue weighted by atomic mass is 79.9. The predicted octanol–water partition coefficient (Wildman–Crippen LogP) is 4.85. The Bertz CT molecular complexity index is 531. The summed E-state index contributed by atoms with van der Waals surface area (Å²) >= 11 is 3.45. The van der Waals surface area contributed by atoms with E-state index < -0.39 is 6.10 Å². The van der Waals surface area contributed by atoms with Crippen LogP contribution in [0.25, 0.3) is 0 Å². The van der Waals surface area contributed by atoms with Gasteiger partial charge < -0.3 is 5.11 Å². The van der Waals surface area contributed by atoms with Crippen LogP contribution in [0.1, 0.15) is 42.6 Å². The molecule has 19 heavy (non-hydrogen) atoms. The Kier molecular flexibility index (Phi) is 4.78. The Morgan fingerprint density at radius 1 is 1.00 bits per heavy atom. The average Bonchev–Trinajstić information content (AvgIpc) is 2.39. The summed E-state index contributed by atoms with van der Waals surface area (Å²) in [4.78, 5) is 0. The minimum Gasteiger partial charge on any atom is -0.388 e. The Hall–Kier alpha value is -1.12. The Balaban J connectivity index is 2.09. The van der Waals surface area contributed by atoms with Crippen molar-refractivity contribution in [1.29, 1.82) is 0 Å². The van der Waals surface area contributed by atoms with Crippen molar-refractivity contribution in [2.24, 2.45) is 0 Å². The van der Waals surface area contributed by atoms with Crippen LogP contribution in [0, 0.1) is 0 Å². The summed E-state index contributed by atoms with van der Waals surface area (Å²) in [6, 6.07) is 16.3. The first-order valence-electron chi connectivity index (χ1n) is 6.58. The molecule has 0 aliphatic carbocycles. The normalized spacial score (nSPS) is 12.7. The number of aliphatic hydroxyl groups excluding tert-OH is 1. The van der Waals surface area contributed by atoms with Gasteiger partial charge in [0.1, 0.15) is 0 Å². The van der Waals surface area contributed by atoms with E-state index in [2.05, 4.69) is 41.9 Å². The van der Waals surface area contributed by atoms with Gasteiger partial charge in [-0.05, 0) is 34.7 Å². The van der Waals surface area contributed by atoms with E-state index in [0.717, 1.165) is 15.6 Å². The smallest absolute Gasteiger partial charge is 0.0830 e. The third-order valence-corrected chi connectivity index (χ3v) is 3.80. The SMILES string of the molecule is CC(C)c1ccc(C(O)Cc2cccc(Br)c2)cc1. The van der Waals surface area contributed by atoms with Gasteiger partial charge in [0.05, 0.1) is 6.10 Å². The van der Waals surface area contributed by atoms with E-state index in [-0.39, 0.29) is 0 Å². The lowest BCUT2D eigenvalue weighted by Crippen LogP contribution is -2.02. The van der Waals surface area contributed by atoms with Crippen LogP contribution >= 0.6 is 15.9 Å². The molecule has 0 aliphatic heterocycles. The lowest BCUT2D eigenvalue weighted by atomic mass is 9.97. The van der Waals surface area contributed by atoms with Gasteiger partial charge >= 0.3 is 0 Å². The van der Waals surface area contributed by atoms with Crippen LogP contribution in [-0.2, 0) is 6.42 Å². The standard InChI is InChI=1S/C17H19BrO/c1-12(2)14-6-8-15(9-7-14)17(19)11-13-4-3-5-16(18)10-13/h3-10,12,17,19H,11H2,1-2H3. The summed E-state index contributed by atoms with van der Waals surface area (Å²) in [5, 5.41) is 10.3. The van der Waals surface area contributed by atoms with Crippen LogP contribution < -0.4 is 0 Å². The van der Waals surface area contributed by atoms with E-state index >= 15 is 0 Å².